The summed E-state index contributed by atoms with van der Waals surface area (Å²) in [6, 6.07) is 3.18. The second-order valence-electron chi connectivity index (χ2n) is 7.72. The molecule has 2 aliphatic rings. The smallest absolute Gasteiger partial charge is 0.320 e. The van der Waals surface area contributed by atoms with Crippen LogP contribution in [0.15, 0.2) is 53.4 Å². The van der Waals surface area contributed by atoms with Crippen molar-refractivity contribution in [3.8, 4) is 11.9 Å². The van der Waals surface area contributed by atoms with Gasteiger partial charge in [-0.2, -0.15) is 33.7 Å². The summed E-state index contributed by atoms with van der Waals surface area (Å²) in [7, 11) is 0. The van der Waals surface area contributed by atoms with Gasteiger partial charge in [0.15, 0.2) is 11.5 Å². The molecule has 0 fully saturated rings. The first-order chi connectivity index (χ1) is 16.7. The van der Waals surface area contributed by atoms with Crippen molar-refractivity contribution < 1.29 is 18.0 Å². The van der Waals surface area contributed by atoms with Crippen molar-refractivity contribution in [2.45, 2.75) is 18.5 Å². The van der Waals surface area contributed by atoms with Gasteiger partial charge in [0.25, 0.3) is 5.91 Å². The molecule has 2 atom stereocenters. The van der Waals surface area contributed by atoms with Gasteiger partial charge in [0.05, 0.1) is 47.2 Å². The molecule has 35 heavy (non-hydrogen) atoms. The predicted octanol–water partition coefficient (Wildman–Crippen LogP) is 3.52. The maximum atomic E-state index is 14.2. The second-order valence-corrected chi connectivity index (χ2v) is 8.71. The summed E-state index contributed by atoms with van der Waals surface area (Å²) in [4.78, 5) is 22.4. The van der Waals surface area contributed by atoms with Gasteiger partial charge in [0.1, 0.15) is 17.0 Å². The molecule has 176 valence electrons. The van der Waals surface area contributed by atoms with Gasteiger partial charge in [-0.1, -0.05) is 6.08 Å². The molecule has 0 aliphatic carbocycles. The van der Waals surface area contributed by atoms with Crippen LogP contribution in [0.25, 0.3) is 11.5 Å². The number of allylic oxidation sites excluding steroid dienone is 1. The molecule has 0 aromatic carbocycles. The molecule has 5 heterocycles. The monoisotopic (exact) mass is 497 g/mol. The van der Waals surface area contributed by atoms with E-state index in [0.29, 0.717) is 0 Å². The molecule has 14 heteroatoms. The minimum atomic E-state index is -4.88. The Balaban J connectivity index is 1.51. The number of pyridine rings is 1. The highest BCUT2D eigenvalue weighted by Gasteiger charge is 2.47. The quantitative estimate of drug-likeness (QED) is 0.584. The van der Waals surface area contributed by atoms with Crippen LogP contribution in [-0.4, -0.2) is 47.3 Å². The fourth-order valence-electron chi connectivity index (χ4n) is 3.81. The number of carbonyl (C=O) groups is 1. The minimum Gasteiger partial charge on any atom is -0.320 e. The van der Waals surface area contributed by atoms with Crippen molar-refractivity contribution in [2.24, 2.45) is 10.4 Å². The van der Waals surface area contributed by atoms with Gasteiger partial charge < -0.3 is 5.32 Å². The average molecular weight is 497 g/mol. The van der Waals surface area contributed by atoms with Gasteiger partial charge in [-0.05, 0) is 24.5 Å². The summed E-state index contributed by atoms with van der Waals surface area (Å²) in [6.45, 7) is 1.77. The number of nitriles is 1. The number of amides is 1. The number of fused-ring (bicyclic) bond motifs is 1. The fourth-order valence-corrected chi connectivity index (χ4v) is 4.94. The number of nitrogens with one attached hydrogen (secondary N) is 1. The number of dihydropyridines is 1. The SMILES string of the molecule is CC12C=CSC1N=CC=C2n1ncc(C(=O)Nc2cnc(-n3nccn3)c(C#N)c2)c1C(F)(F)F. The van der Waals surface area contributed by atoms with Crippen LogP contribution in [0, 0.1) is 16.7 Å². The predicted molar refractivity (Wildman–Crippen MR) is 120 cm³/mol. The molecular weight excluding hydrogens is 483 g/mol. The van der Waals surface area contributed by atoms with Crippen LogP contribution in [0.2, 0.25) is 0 Å². The third-order valence-electron chi connectivity index (χ3n) is 5.50. The van der Waals surface area contributed by atoms with Crippen molar-refractivity contribution >= 4 is 35.3 Å². The lowest BCUT2D eigenvalue weighted by Gasteiger charge is -2.33. The van der Waals surface area contributed by atoms with E-state index in [1.54, 1.807) is 18.4 Å². The number of anilines is 1. The van der Waals surface area contributed by atoms with E-state index in [4.69, 9.17) is 0 Å². The Kier molecular flexibility index (Phi) is 5.28. The van der Waals surface area contributed by atoms with E-state index in [1.165, 1.54) is 48.7 Å². The molecule has 2 unspecified atom stereocenters. The summed E-state index contributed by atoms with van der Waals surface area (Å²) in [5.41, 5.74) is -2.44. The summed E-state index contributed by atoms with van der Waals surface area (Å²) in [5, 5.41) is 25.0. The molecule has 0 bridgehead atoms. The van der Waals surface area contributed by atoms with Crippen molar-refractivity contribution in [2.75, 3.05) is 5.32 Å². The van der Waals surface area contributed by atoms with Gasteiger partial charge in [0.2, 0.25) is 0 Å². The lowest BCUT2D eigenvalue weighted by Crippen LogP contribution is -2.32. The Morgan fingerprint density at radius 3 is 2.74 bits per heavy atom. The molecule has 0 saturated heterocycles. The van der Waals surface area contributed by atoms with E-state index in [0.717, 1.165) is 15.7 Å². The lowest BCUT2D eigenvalue weighted by molar-refractivity contribution is -0.143. The summed E-state index contributed by atoms with van der Waals surface area (Å²) < 4.78 is 43.3. The fraction of sp³-hybridized carbons (Fsp3) is 0.190. The lowest BCUT2D eigenvalue weighted by atomic mass is 9.85. The van der Waals surface area contributed by atoms with Crippen LogP contribution in [0.3, 0.4) is 0 Å². The highest BCUT2D eigenvalue weighted by atomic mass is 32.2. The summed E-state index contributed by atoms with van der Waals surface area (Å²) >= 11 is 1.39. The van der Waals surface area contributed by atoms with Crippen LogP contribution in [0.5, 0.6) is 0 Å². The Labute approximate surface area is 199 Å². The molecule has 3 aromatic rings. The van der Waals surface area contributed by atoms with Crippen LogP contribution < -0.4 is 5.32 Å². The summed E-state index contributed by atoms with van der Waals surface area (Å²) in [5.74, 6) is -0.946. The molecule has 0 spiro atoms. The van der Waals surface area contributed by atoms with Gasteiger partial charge in [0, 0.05) is 6.21 Å². The molecule has 3 aromatic heterocycles. The van der Waals surface area contributed by atoms with Crippen molar-refractivity contribution in [3.63, 3.8) is 0 Å². The number of carbonyl (C=O) groups excluding carboxylic acids is 1. The maximum absolute atomic E-state index is 14.2. The van der Waals surface area contributed by atoms with Crippen molar-refractivity contribution in [3.05, 3.63) is 65.2 Å². The van der Waals surface area contributed by atoms with Gasteiger partial charge in [-0.3, -0.25) is 9.79 Å². The van der Waals surface area contributed by atoms with Crippen molar-refractivity contribution in [1.82, 2.24) is 29.8 Å². The zero-order valence-corrected chi connectivity index (χ0v) is 18.6. The Hall–Kier alpha value is -4.25. The number of aromatic nitrogens is 6. The largest absolute Gasteiger partial charge is 0.434 e. The Morgan fingerprint density at radius 1 is 1.26 bits per heavy atom. The Morgan fingerprint density at radius 2 is 2.03 bits per heavy atom. The van der Waals surface area contributed by atoms with Crippen LogP contribution in [0.1, 0.15) is 28.5 Å². The number of hydrogen-bond acceptors (Lipinski definition) is 8. The van der Waals surface area contributed by atoms with Gasteiger partial charge in [-0.15, -0.1) is 16.6 Å². The molecule has 0 radical (unpaired) electrons. The number of alkyl halides is 3. The maximum Gasteiger partial charge on any atom is 0.434 e. The molecule has 1 N–H and O–H groups in total. The molecule has 0 saturated carbocycles. The van der Waals surface area contributed by atoms with Crippen LogP contribution in [0.4, 0.5) is 18.9 Å². The van der Waals surface area contributed by atoms with E-state index in [9.17, 15) is 23.2 Å². The summed E-state index contributed by atoms with van der Waals surface area (Å²) in [6.07, 6.45) is 4.65. The van der Waals surface area contributed by atoms with E-state index < -0.39 is 28.8 Å². The number of nitrogens with zero attached hydrogens (tertiary/aromatic N) is 8. The van der Waals surface area contributed by atoms with E-state index >= 15 is 0 Å². The number of hydrogen-bond donors (Lipinski definition) is 1. The van der Waals surface area contributed by atoms with Crippen LogP contribution in [-0.2, 0) is 6.18 Å². The third-order valence-corrected chi connectivity index (χ3v) is 6.67. The van der Waals surface area contributed by atoms with Gasteiger partial charge in [-0.25, -0.2) is 9.67 Å². The second kappa shape index (κ2) is 8.20. The standard InChI is InChI=1S/C21H14F3N9OS/c1-20-3-7-35-19(20)26-4-2-15(20)32-16(21(22,23)24)14(11-30-32)18(34)31-13-8-12(9-25)17(27-10-13)33-28-5-6-29-33/h2-8,10-11,19H,1H3,(H,31,34). The normalized spacial score (nSPS) is 20.9. The van der Waals surface area contributed by atoms with E-state index in [-0.39, 0.29) is 28.1 Å². The minimum absolute atomic E-state index is 0.0156. The number of thioether (sulfide) groups is 1. The third kappa shape index (κ3) is 3.79. The topological polar surface area (TPSA) is 127 Å². The highest BCUT2D eigenvalue weighted by molar-refractivity contribution is 8.03. The van der Waals surface area contributed by atoms with E-state index in [1.807, 2.05) is 6.07 Å². The zero-order chi connectivity index (χ0) is 24.8. The average Bonchev–Trinajstić information content (AvgIpc) is 3.57. The van der Waals surface area contributed by atoms with Crippen molar-refractivity contribution in [1.29, 1.82) is 5.26 Å². The molecule has 10 nitrogen and oxygen atoms in total. The number of rotatable bonds is 4. The highest BCUT2D eigenvalue weighted by Crippen LogP contribution is 2.50. The van der Waals surface area contributed by atoms with Crippen LogP contribution >= 0.6 is 11.8 Å². The molecule has 1 amide bonds. The number of aliphatic imine (C=N–C) groups is 1. The number of halogens is 3. The van der Waals surface area contributed by atoms with E-state index in [2.05, 4.69) is 30.6 Å². The zero-order valence-electron chi connectivity index (χ0n) is 17.8. The van der Waals surface area contributed by atoms with Gasteiger partial charge >= 0.3 is 6.18 Å². The Bertz CT molecular complexity index is 1450. The first kappa shape index (κ1) is 22.5. The molecular formula is C21H14F3N9OS. The molecule has 5 rings (SSSR count). The molecule has 2 aliphatic heterocycles. The first-order valence-electron chi connectivity index (χ1n) is 10.0. The first-order valence-corrected chi connectivity index (χ1v) is 11.0.